The molecule has 0 aromatic heterocycles. The van der Waals surface area contributed by atoms with Gasteiger partial charge in [-0.25, -0.2) is 14.4 Å². The zero-order valence-electron chi connectivity index (χ0n) is 20.9. The van der Waals surface area contributed by atoms with Crippen molar-refractivity contribution >= 4 is 17.9 Å². The van der Waals surface area contributed by atoms with E-state index in [-0.39, 0.29) is 25.8 Å². The largest absolute Gasteiger partial charge is 0.477 e. The van der Waals surface area contributed by atoms with Crippen LogP contribution in [0.1, 0.15) is 118 Å². The van der Waals surface area contributed by atoms with Gasteiger partial charge in [0.05, 0.1) is 6.54 Å². The van der Waals surface area contributed by atoms with Gasteiger partial charge >= 0.3 is 17.9 Å². The maximum atomic E-state index is 12.2. The van der Waals surface area contributed by atoms with E-state index in [1.807, 2.05) is 0 Å². The summed E-state index contributed by atoms with van der Waals surface area (Å²) in [6.07, 6.45) is 13.0. The summed E-state index contributed by atoms with van der Waals surface area (Å²) >= 11 is 0. The Bertz CT molecular complexity index is 495. The molecule has 7 heteroatoms. The van der Waals surface area contributed by atoms with E-state index in [4.69, 9.17) is 0 Å². The Morgan fingerprint density at radius 2 is 0.812 bits per heavy atom. The minimum Gasteiger partial charge on any atom is -0.477 e. The van der Waals surface area contributed by atoms with E-state index in [2.05, 4.69) is 6.92 Å². The summed E-state index contributed by atoms with van der Waals surface area (Å²) in [5, 5.41) is 29.8. The second-order valence-electron chi connectivity index (χ2n) is 9.04. The van der Waals surface area contributed by atoms with Crippen molar-refractivity contribution in [2.45, 2.75) is 136 Å². The van der Waals surface area contributed by atoms with E-state index in [1.54, 1.807) is 20.8 Å². The number of aliphatic carboxylic acids is 3. The first-order valence-electron chi connectivity index (χ1n) is 12.8. The minimum atomic E-state index is -1.12. The molecule has 0 saturated heterocycles. The van der Waals surface area contributed by atoms with Gasteiger partial charge in [0.15, 0.2) is 18.1 Å². The lowest BCUT2D eigenvalue weighted by molar-refractivity contribution is -0.973. The number of nitrogens with zero attached hydrogens (tertiary/aromatic N) is 1. The predicted octanol–water partition coefficient (Wildman–Crippen LogP) is 5.70. The SMILES string of the molecule is CCCCCCCCCCCCC[N+](C(CC)C(=O)O)(C(CC)C(=O)O)C(CC)C(=O)O. The first-order chi connectivity index (χ1) is 15.2. The van der Waals surface area contributed by atoms with Gasteiger partial charge in [-0.1, -0.05) is 85.5 Å². The maximum absolute atomic E-state index is 12.2. The molecule has 0 aliphatic rings. The van der Waals surface area contributed by atoms with Crippen molar-refractivity contribution in [2.24, 2.45) is 0 Å². The number of carboxylic acid groups (broad SMARTS) is 3. The van der Waals surface area contributed by atoms with Crippen LogP contribution in [-0.2, 0) is 14.4 Å². The third-order valence-electron chi connectivity index (χ3n) is 6.91. The highest BCUT2D eigenvalue weighted by Gasteiger charge is 2.55. The number of carbonyl (C=O) groups is 3. The molecule has 188 valence electrons. The average molecular weight is 459 g/mol. The van der Waals surface area contributed by atoms with E-state index < -0.39 is 40.5 Å². The van der Waals surface area contributed by atoms with Crippen molar-refractivity contribution in [2.75, 3.05) is 6.54 Å². The summed E-state index contributed by atoms with van der Waals surface area (Å²) < 4.78 is -0.402. The van der Waals surface area contributed by atoms with Crippen molar-refractivity contribution in [3.63, 3.8) is 0 Å². The summed E-state index contributed by atoms with van der Waals surface area (Å²) in [5.41, 5.74) is 0. The molecule has 3 N–H and O–H groups in total. The summed E-state index contributed by atoms with van der Waals surface area (Å²) in [5.74, 6) is -3.35. The zero-order chi connectivity index (χ0) is 24.6. The second-order valence-corrected chi connectivity index (χ2v) is 9.04. The van der Waals surface area contributed by atoms with E-state index in [9.17, 15) is 29.7 Å². The molecular formula is C25H48NO6+. The Balaban J connectivity index is 5.27. The third-order valence-corrected chi connectivity index (χ3v) is 6.91. The molecule has 3 unspecified atom stereocenters. The van der Waals surface area contributed by atoms with Crippen LogP contribution in [0.25, 0.3) is 0 Å². The van der Waals surface area contributed by atoms with Crippen molar-refractivity contribution in [3.05, 3.63) is 0 Å². The monoisotopic (exact) mass is 458 g/mol. The van der Waals surface area contributed by atoms with Gasteiger partial charge in [0.1, 0.15) is 0 Å². The Labute approximate surface area is 194 Å². The van der Waals surface area contributed by atoms with Crippen LogP contribution in [-0.4, -0.2) is 62.4 Å². The van der Waals surface area contributed by atoms with E-state index >= 15 is 0 Å². The fourth-order valence-electron chi connectivity index (χ4n) is 5.33. The van der Waals surface area contributed by atoms with Crippen molar-refractivity contribution in [3.8, 4) is 0 Å². The molecule has 0 saturated carbocycles. The van der Waals surface area contributed by atoms with Crippen LogP contribution in [0.2, 0.25) is 0 Å². The Hall–Kier alpha value is -1.63. The molecule has 3 atom stereocenters. The Morgan fingerprint density at radius 1 is 0.531 bits per heavy atom. The lowest BCUT2D eigenvalue weighted by Crippen LogP contribution is -2.72. The Morgan fingerprint density at radius 3 is 1.06 bits per heavy atom. The normalized spacial score (nSPS) is 16.1. The van der Waals surface area contributed by atoms with Crippen LogP contribution in [0.5, 0.6) is 0 Å². The standard InChI is InChI=1S/C25H47NO6/c1-5-9-10-11-12-13-14-15-16-17-18-19-26(20(6-2)23(27)28,21(7-3)24(29)30)22(8-4)25(31)32/h20-22H,5-19H2,1-4H3,(H2-,27,28,29,30,31,32)/p+1. The highest BCUT2D eigenvalue weighted by atomic mass is 16.4. The average Bonchev–Trinajstić information content (AvgIpc) is 2.72. The van der Waals surface area contributed by atoms with Gasteiger partial charge in [0.25, 0.3) is 0 Å². The van der Waals surface area contributed by atoms with Crippen molar-refractivity contribution in [1.29, 1.82) is 0 Å². The molecule has 0 aliphatic carbocycles. The summed E-state index contributed by atoms with van der Waals surface area (Å²) in [6.45, 7) is 7.59. The molecule has 0 spiro atoms. The predicted molar refractivity (Wildman–Crippen MR) is 127 cm³/mol. The molecule has 32 heavy (non-hydrogen) atoms. The summed E-state index contributed by atoms with van der Waals surface area (Å²) in [7, 11) is 0. The smallest absolute Gasteiger partial charge is 0.362 e. The first-order valence-corrected chi connectivity index (χ1v) is 12.8. The lowest BCUT2D eigenvalue weighted by Gasteiger charge is -2.49. The van der Waals surface area contributed by atoms with Gasteiger partial charge in [-0.15, -0.1) is 0 Å². The number of unbranched alkanes of at least 4 members (excludes halogenated alkanes) is 10. The van der Waals surface area contributed by atoms with Gasteiger partial charge in [-0.2, -0.15) is 0 Å². The molecule has 0 amide bonds. The van der Waals surface area contributed by atoms with Crippen LogP contribution < -0.4 is 0 Å². The van der Waals surface area contributed by atoms with E-state index in [0.717, 1.165) is 19.3 Å². The van der Waals surface area contributed by atoms with Gasteiger partial charge in [-0.05, 0) is 12.8 Å². The summed E-state index contributed by atoms with van der Waals surface area (Å²) in [4.78, 5) is 36.5. The van der Waals surface area contributed by atoms with Crippen LogP contribution in [0.4, 0.5) is 0 Å². The second kappa shape index (κ2) is 16.9. The fourth-order valence-corrected chi connectivity index (χ4v) is 5.33. The molecule has 7 nitrogen and oxygen atoms in total. The van der Waals surface area contributed by atoms with Gasteiger partial charge in [0.2, 0.25) is 0 Å². The number of carboxylic acids is 3. The minimum absolute atomic E-state index is 0.195. The molecule has 0 fully saturated rings. The third kappa shape index (κ3) is 9.08. The van der Waals surface area contributed by atoms with Crippen molar-refractivity contribution < 1.29 is 34.2 Å². The Kier molecular flexibility index (Phi) is 16.1. The maximum Gasteiger partial charge on any atom is 0.362 e. The van der Waals surface area contributed by atoms with E-state index in [0.29, 0.717) is 6.42 Å². The van der Waals surface area contributed by atoms with Gasteiger partial charge in [0, 0.05) is 19.3 Å². The van der Waals surface area contributed by atoms with Gasteiger partial charge < -0.3 is 15.3 Å². The molecular weight excluding hydrogens is 410 g/mol. The van der Waals surface area contributed by atoms with E-state index in [1.165, 1.54) is 44.9 Å². The molecule has 0 aromatic rings. The van der Waals surface area contributed by atoms with Crippen molar-refractivity contribution in [1.82, 2.24) is 0 Å². The molecule has 0 bridgehead atoms. The molecule has 0 rings (SSSR count). The van der Waals surface area contributed by atoms with Crippen LogP contribution in [0, 0.1) is 0 Å². The summed E-state index contributed by atoms with van der Waals surface area (Å²) in [6, 6.07) is -3.17. The van der Waals surface area contributed by atoms with Gasteiger partial charge in [-0.3, -0.25) is 4.48 Å². The van der Waals surface area contributed by atoms with Crippen LogP contribution >= 0.6 is 0 Å². The fraction of sp³-hybridized carbons (Fsp3) is 0.880. The molecule has 0 aromatic carbocycles. The number of hydrogen-bond donors (Lipinski definition) is 3. The molecule has 0 heterocycles. The number of rotatable bonds is 21. The molecule has 0 aliphatic heterocycles. The lowest BCUT2D eigenvalue weighted by atomic mass is 9.93. The highest BCUT2D eigenvalue weighted by Crippen LogP contribution is 2.32. The van der Waals surface area contributed by atoms with Crippen LogP contribution in [0.3, 0.4) is 0 Å². The quantitative estimate of drug-likeness (QED) is 0.150. The van der Waals surface area contributed by atoms with Crippen LogP contribution in [0.15, 0.2) is 0 Å². The topological polar surface area (TPSA) is 112 Å². The zero-order valence-corrected chi connectivity index (χ0v) is 20.9. The number of quaternary nitrogens is 1. The highest BCUT2D eigenvalue weighted by molar-refractivity contribution is 5.78. The number of hydrogen-bond acceptors (Lipinski definition) is 3. The molecule has 0 radical (unpaired) electrons. The first kappa shape index (κ1) is 30.4.